The zero-order valence-electron chi connectivity index (χ0n) is 13.5. The van der Waals surface area contributed by atoms with Gasteiger partial charge in [0.05, 0.1) is 0 Å². The molecule has 0 aromatic rings. The average Bonchev–Trinajstić information content (AvgIpc) is 2.80. The highest BCUT2D eigenvalue weighted by atomic mass is 15.3. The van der Waals surface area contributed by atoms with Crippen LogP contribution in [0.15, 0.2) is 0 Å². The Hall–Kier alpha value is -0.0800. The lowest BCUT2D eigenvalue weighted by atomic mass is 9.67. The van der Waals surface area contributed by atoms with E-state index in [0.717, 1.165) is 23.9 Å². The number of hydrogen-bond acceptors (Lipinski definition) is 2. The van der Waals surface area contributed by atoms with Crippen molar-refractivity contribution in [2.24, 2.45) is 22.7 Å². The number of hydrogen-bond donors (Lipinski definition) is 1. The Morgan fingerprint density at radius 3 is 2.53 bits per heavy atom. The molecule has 0 spiro atoms. The van der Waals surface area contributed by atoms with E-state index in [-0.39, 0.29) is 0 Å². The van der Waals surface area contributed by atoms with E-state index < -0.39 is 0 Å². The van der Waals surface area contributed by atoms with Gasteiger partial charge in [-0.15, -0.1) is 0 Å². The Balaban J connectivity index is 1.91. The number of nitrogens with one attached hydrogen (secondary N) is 1. The molecule has 1 heterocycles. The molecule has 4 unspecified atom stereocenters. The zero-order chi connectivity index (χ0) is 13.8. The molecular weight excluding hydrogens is 232 g/mol. The normalized spacial score (nSPS) is 46.1. The third-order valence-electron chi connectivity index (χ3n) is 6.62. The van der Waals surface area contributed by atoms with E-state index in [0.29, 0.717) is 10.8 Å². The van der Waals surface area contributed by atoms with E-state index in [9.17, 15) is 0 Å². The second kappa shape index (κ2) is 4.46. The minimum atomic E-state index is 0.511. The van der Waals surface area contributed by atoms with Gasteiger partial charge in [0.15, 0.2) is 0 Å². The molecule has 19 heavy (non-hydrogen) atoms. The number of rotatable bonds is 2. The van der Waals surface area contributed by atoms with Gasteiger partial charge in [0.1, 0.15) is 0 Å². The third-order valence-corrected chi connectivity index (χ3v) is 6.62. The predicted octanol–water partition coefficient (Wildman–Crippen LogP) is 3.13. The summed E-state index contributed by atoms with van der Waals surface area (Å²) in [5, 5.41) is 3.61. The molecule has 2 saturated carbocycles. The van der Waals surface area contributed by atoms with Gasteiger partial charge in [0.2, 0.25) is 0 Å². The van der Waals surface area contributed by atoms with Gasteiger partial charge in [-0.2, -0.15) is 0 Å². The van der Waals surface area contributed by atoms with E-state index in [1.165, 1.54) is 38.9 Å². The second-order valence-corrected chi connectivity index (χ2v) is 8.57. The standard InChI is InChI=1S/C17H32N2/c1-12(2)14-11-18-8-9-19(14)15-16(3,4)13-6-7-17(15,5)10-13/h12-15,18H,6-11H2,1-5H3. The van der Waals surface area contributed by atoms with Crippen LogP contribution in [-0.4, -0.2) is 36.6 Å². The molecule has 3 fully saturated rings. The zero-order valence-corrected chi connectivity index (χ0v) is 13.5. The minimum absolute atomic E-state index is 0.511. The lowest BCUT2D eigenvalue weighted by Gasteiger charge is -2.54. The molecule has 2 nitrogen and oxygen atoms in total. The van der Waals surface area contributed by atoms with Gasteiger partial charge in [-0.1, -0.05) is 34.6 Å². The van der Waals surface area contributed by atoms with Crippen LogP contribution in [0.4, 0.5) is 0 Å². The lowest BCUT2D eigenvalue weighted by molar-refractivity contribution is -0.0421. The first-order valence-corrected chi connectivity index (χ1v) is 8.33. The van der Waals surface area contributed by atoms with E-state index >= 15 is 0 Å². The largest absolute Gasteiger partial charge is 0.314 e. The topological polar surface area (TPSA) is 15.3 Å². The Bertz CT molecular complexity index is 344. The van der Waals surface area contributed by atoms with E-state index in [2.05, 4.69) is 44.8 Å². The Labute approximate surface area is 119 Å². The maximum Gasteiger partial charge on any atom is 0.0247 e. The molecule has 2 bridgehead atoms. The van der Waals surface area contributed by atoms with Crippen molar-refractivity contribution in [2.45, 2.75) is 66.0 Å². The summed E-state index contributed by atoms with van der Waals surface area (Å²) in [6.07, 6.45) is 4.40. The first-order chi connectivity index (χ1) is 8.86. The van der Waals surface area contributed by atoms with Crippen molar-refractivity contribution in [1.29, 1.82) is 0 Å². The molecule has 0 aromatic carbocycles. The first-order valence-electron chi connectivity index (χ1n) is 8.33. The molecule has 1 N–H and O–H groups in total. The van der Waals surface area contributed by atoms with Crippen LogP contribution in [0.3, 0.4) is 0 Å². The van der Waals surface area contributed by atoms with Gasteiger partial charge >= 0.3 is 0 Å². The quantitative estimate of drug-likeness (QED) is 0.824. The maximum absolute atomic E-state index is 3.61. The summed E-state index contributed by atoms with van der Waals surface area (Å²) in [6, 6.07) is 1.53. The molecule has 0 radical (unpaired) electrons. The minimum Gasteiger partial charge on any atom is -0.314 e. The molecule has 2 heteroatoms. The molecule has 0 aromatic heterocycles. The fourth-order valence-corrected chi connectivity index (χ4v) is 5.78. The molecule has 1 saturated heterocycles. The van der Waals surface area contributed by atoms with Crippen molar-refractivity contribution in [2.75, 3.05) is 19.6 Å². The summed E-state index contributed by atoms with van der Waals surface area (Å²) in [5.41, 5.74) is 1.09. The third kappa shape index (κ3) is 1.98. The fourth-order valence-electron chi connectivity index (χ4n) is 5.78. The number of piperazine rings is 1. The molecule has 4 atom stereocenters. The van der Waals surface area contributed by atoms with Crippen molar-refractivity contribution in [3.63, 3.8) is 0 Å². The van der Waals surface area contributed by atoms with Crippen LogP contribution in [-0.2, 0) is 0 Å². The first kappa shape index (κ1) is 13.9. The number of fused-ring (bicyclic) bond motifs is 2. The summed E-state index contributed by atoms with van der Waals surface area (Å²) in [5.74, 6) is 1.72. The number of nitrogens with zero attached hydrogens (tertiary/aromatic N) is 1. The van der Waals surface area contributed by atoms with Gasteiger partial charge < -0.3 is 5.32 Å². The Kier molecular flexibility index (Phi) is 3.26. The van der Waals surface area contributed by atoms with Crippen LogP contribution < -0.4 is 5.32 Å². The fraction of sp³-hybridized carbons (Fsp3) is 1.00. The second-order valence-electron chi connectivity index (χ2n) is 8.57. The predicted molar refractivity (Wildman–Crippen MR) is 81.2 cm³/mol. The van der Waals surface area contributed by atoms with Gasteiger partial charge in [0.25, 0.3) is 0 Å². The van der Waals surface area contributed by atoms with Crippen LogP contribution in [0.5, 0.6) is 0 Å². The van der Waals surface area contributed by atoms with Gasteiger partial charge in [-0.25, -0.2) is 0 Å². The molecule has 3 aliphatic rings. The lowest BCUT2D eigenvalue weighted by Crippen LogP contribution is -2.63. The summed E-state index contributed by atoms with van der Waals surface area (Å²) < 4.78 is 0. The van der Waals surface area contributed by atoms with Gasteiger partial charge in [-0.05, 0) is 41.9 Å². The van der Waals surface area contributed by atoms with Crippen LogP contribution in [0.2, 0.25) is 0 Å². The maximum atomic E-state index is 3.61. The molecule has 110 valence electrons. The molecule has 2 aliphatic carbocycles. The summed E-state index contributed by atoms with van der Waals surface area (Å²) >= 11 is 0. The molecule has 1 aliphatic heterocycles. The summed E-state index contributed by atoms with van der Waals surface area (Å²) in [4.78, 5) is 2.90. The van der Waals surface area contributed by atoms with Crippen molar-refractivity contribution < 1.29 is 0 Å². The van der Waals surface area contributed by atoms with E-state index in [1.807, 2.05) is 0 Å². The molecule has 3 rings (SSSR count). The van der Waals surface area contributed by atoms with Crippen LogP contribution in [0.25, 0.3) is 0 Å². The highest BCUT2D eigenvalue weighted by Gasteiger charge is 2.61. The molecule has 0 amide bonds. The SMILES string of the molecule is CC(C)C1CNCCN1C1C2(C)CCC(C2)C1(C)C. The van der Waals surface area contributed by atoms with E-state index in [1.54, 1.807) is 0 Å². The summed E-state index contributed by atoms with van der Waals surface area (Å²) in [7, 11) is 0. The highest BCUT2D eigenvalue weighted by Crippen LogP contribution is 2.64. The molecular formula is C17H32N2. The van der Waals surface area contributed by atoms with E-state index in [4.69, 9.17) is 0 Å². The Morgan fingerprint density at radius 1 is 1.21 bits per heavy atom. The monoisotopic (exact) mass is 264 g/mol. The van der Waals surface area contributed by atoms with Crippen LogP contribution in [0, 0.1) is 22.7 Å². The highest BCUT2D eigenvalue weighted by molar-refractivity contribution is 5.14. The smallest absolute Gasteiger partial charge is 0.0247 e. The Morgan fingerprint density at radius 2 is 1.95 bits per heavy atom. The average molecular weight is 264 g/mol. The van der Waals surface area contributed by atoms with Crippen molar-refractivity contribution in [3.05, 3.63) is 0 Å². The van der Waals surface area contributed by atoms with Crippen molar-refractivity contribution in [1.82, 2.24) is 10.2 Å². The van der Waals surface area contributed by atoms with Crippen LogP contribution in [0.1, 0.15) is 53.9 Å². The van der Waals surface area contributed by atoms with Gasteiger partial charge in [0, 0.05) is 31.7 Å². The van der Waals surface area contributed by atoms with Crippen molar-refractivity contribution >= 4 is 0 Å². The van der Waals surface area contributed by atoms with Gasteiger partial charge in [-0.3, -0.25) is 4.90 Å². The summed E-state index contributed by atoms with van der Waals surface area (Å²) in [6.45, 7) is 16.1. The van der Waals surface area contributed by atoms with Crippen molar-refractivity contribution in [3.8, 4) is 0 Å². The van der Waals surface area contributed by atoms with Crippen LogP contribution >= 0.6 is 0 Å².